The van der Waals surface area contributed by atoms with Crippen molar-refractivity contribution in [2.75, 3.05) is 58.9 Å². The van der Waals surface area contributed by atoms with Crippen LogP contribution in [0, 0.1) is 0 Å². The van der Waals surface area contributed by atoms with Crippen LogP contribution in [0.1, 0.15) is 0 Å². The molecule has 0 unspecified atom stereocenters. The van der Waals surface area contributed by atoms with E-state index in [-0.39, 0.29) is 134 Å². The minimum absolute atomic E-state index is 0. The van der Waals surface area contributed by atoms with Gasteiger partial charge in [-0.05, 0) is 0 Å². The van der Waals surface area contributed by atoms with Crippen molar-refractivity contribution in [1.29, 1.82) is 0 Å². The quantitative estimate of drug-likeness (QED) is 0.172. The molecule has 0 bridgehead atoms. The second-order valence-electron chi connectivity index (χ2n) is 5.56. The molecule has 0 aromatic rings. The van der Waals surface area contributed by atoms with Gasteiger partial charge in [-0.3, -0.25) is 14.7 Å². The molecule has 154 valence electrons. The molecule has 0 aliphatic heterocycles. The molecule has 0 amide bonds. The number of carbonyl (C=O) groups is 5. The zero-order valence-electron chi connectivity index (χ0n) is 18.0. The van der Waals surface area contributed by atoms with E-state index in [1.165, 1.54) is 4.90 Å². The summed E-state index contributed by atoms with van der Waals surface area (Å²) in [7, 11) is 0. The van der Waals surface area contributed by atoms with E-state index in [0.717, 1.165) is 9.80 Å². The van der Waals surface area contributed by atoms with Crippen LogP contribution in [0.15, 0.2) is 0 Å². The van der Waals surface area contributed by atoms with E-state index in [1.54, 1.807) is 0 Å². The van der Waals surface area contributed by atoms with Crippen LogP contribution in [-0.2, 0) is 43.5 Å². The summed E-state index contributed by atoms with van der Waals surface area (Å²) in [5.74, 6) is -7.67. The molecule has 0 saturated carbocycles. The Labute approximate surface area is 258 Å². The summed E-state index contributed by atoms with van der Waals surface area (Å²) in [6.07, 6.45) is 0. The van der Waals surface area contributed by atoms with Gasteiger partial charge in [-0.1, -0.05) is 0 Å². The average Bonchev–Trinajstić information content (AvgIpc) is 2.46. The smallest absolute Gasteiger partial charge is 0.549 e. The maximum absolute atomic E-state index is 10.8. The molecule has 0 spiro atoms. The summed E-state index contributed by atoms with van der Waals surface area (Å²) in [6.45, 7) is -4.16. The molecule has 0 aliphatic carbocycles. The molecule has 0 saturated heterocycles. The first kappa shape index (κ1) is 42.0. The van der Waals surface area contributed by atoms with Gasteiger partial charge in [0.2, 0.25) is 0 Å². The van der Waals surface area contributed by atoms with Crippen molar-refractivity contribution in [1.82, 2.24) is 14.7 Å². The third-order valence-corrected chi connectivity index (χ3v) is 3.23. The monoisotopic (exact) mass is 521 g/mol. The number of aliphatic carboxylic acids is 5. The number of rotatable bonds is 16. The van der Waals surface area contributed by atoms with Crippen LogP contribution < -0.4 is 114 Å². The number of hydrogen-bond donors (Lipinski definition) is 0. The third kappa shape index (κ3) is 27.0. The summed E-state index contributed by atoms with van der Waals surface area (Å²) < 4.78 is 0. The van der Waals surface area contributed by atoms with Gasteiger partial charge in [0.05, 0.1) is 29.8 Å². The second kappa shape index (κ2) is 24.0. The molecule has 0 radical (unpaired) electrons. The second-order valence-corrected chi connectivity index (χ2v) is 5.56. The summed E-state index contributed by atoms with van der Waals surface area (Å²) in [4.78, 5) is 56.4. The Hall–Kier alpha value is 0.853. The summed E-state index contributed by atoms with van der Waals surface area (Å²) in [5, 5.41) is 53.3. The van der Waals surface area contributed by atoms with E-state index in [2.05, 4.69) is 0 Å². The van der Waals surface area contributed by atoms with Crippen molar-refractivity contribution >= 4 is 29.8 Å². The van der Waals surface area contributed by atoms with E-state index < -0.39 is 62.6 Å². The molecule has 0 rings (SSSR count). The number of nitrogens with zero attached hydrogens (tertiary/aromatic N) is 3. The standard InChI is InChI=1S/C14H23N3O10.3Na.Zn/c18-10(19)5-15(1-3-16(6-11(20)21)7-12(22)23)2-4-17(8-13(24)25)9-14(26)27;;;;/h1-9H2,(H,18,19)(H,20,21)(H,22,23)(H,24,25)(H,26,27);;;;/q;3*+1;+2/p-5. The molecular formula is C14H18N3Na3O10Zn. The Morgan fingerprint density at radius 3 is 0.774 bits per heavy atom. The Kier molecular flexibility index (Phi) is 32.5. The number of hydrogen-bond acceptors (Lipinski definition) is 13. The van der Waals surface area contributed by atoms with Gasteiger partial charge in [-0.25, -0.2) is 0 Å². The minimum atomic E-state index is -1.54. The van der Waals surface area contributed by atoms with Crippen molar-refractivity contribution in [3.63, 3.8) is 0 Å². The Bertz CT molecular complexity index is 502. The van der Waals surface area contributed by atoms with Crippen molar-refractivity contribution < 1.29 is 158 Å². The fourth-order valence-electron chi connectivity index (χ4n) is 2.18. The Morgan fingerprint density at radius 1 is 0.419 bits per heavy atom. The maximum Gasteiger partial charge on any atom is 2.00 e. The van der Waals surface area contributed by atoms with E-state index in [0.29, 0.717) is 0 Å². The van der Waals surface area contributed by atoms with Crippen LogP contribution in [0.25, 0.3) is 0 Å². The first-order valence-corrected chi connectivity index (χ1v) is 7.66. The molecule has 17 heteroatoms. The topological polar surface area (TPSA) is 210 Å². The zero-order chi connectivity index (χ0) is 21.0. The number of carboxylic acids is 5. The van der Waals surface area contributed by atoms with Crippen molar-refractivity contribution in [2.24, 2.45) is 0 Å². The summed E-state index contributed by atoms with van der Waals surface area (Å²) in [5.41, 5.74) is 0. The van der Waals surface area contributed by atoms with Crippen molar-refractivity contribution in [2.45, 2.75) is 0 Å². The molecule has 31 heavy (non-hydrogen) atoms. The predicted molar refractivity (Wildman–Crippen MR) is 74.4 cm³/mol. The molecule has 0 aliphatic rings. The first-order valence-electron chi connectivity index (χ1n) is 7.66. The van der Waals surface area contributed by atoms with E-state index in [4.69, 9.17) is 0 Å². The minimum Gasteiger partial charge on any atom is -0.549 e. The van der Waals surface area contributed by atoms with Gasteiger partial charge in [0.1, 0.15) is 0 Å². The fraction of sp³-hybridized carbons (Fsp3) is 0.643. The average molecular weight is 523 g/mol. The van der Waals surface area contributed by atoms with Gasteiger partial charge >= 0.3 is 108 Å². The number of carboxylic acid groups (broad SMARTS) is 5. The predicted octanol–water partition coefficient (Wildman–Crippen LogP) is -18.3. The van der Waals surface area contributed by atoms with Gasteiger partial charge in [-0.2, -0.15) is 0 Å². The van der Waals surface area contributed by atoms with Crippen molar-refractivity contribution in [3.05, 3.63) is 0 Å². The van der Waals surface area contributed by atoms with Crippen LogP contribution >= 0.6 is 0 Å². The van der Waals surface area contributed by atoms with Gasteiger partial charge in [0.25, 0.3) is 0 Å². The van der Waals surface area contributed by atoms with Crippen LogP contribution in [0.5, 0.6) is 0 Å². The zero-order valence-corrected chi connectivity index (χ0v) is 27.0. The van der Waals surface area contributed by atoms with E-state index >= 15 is 0 Å². The Balaban J connectivity index is -0.000000563. The molecule has 0 heterocycles. The summed E-state index contributed by atoms with van der Waals surface area (Å²) >= 11 is 0. The molecule has 13 nitrogen and oxygen atoms in total. The van der Waals surface area contributed by atoms with Gasteiger partial charge in [0, 0.05) is 58.9 Å². The van der Waals surface area contributed by atoms with Crippen LogP contribution in [0.2, 0.25) is 0 Å². The van der Waals surface area contributed by atoms with E-state index in [1.807, 2.05) is 0 Å². The van der Waals surface area contributed by atoms with Gasteiger partial charge in [0.15, 0.2) is 0 Å². The SMILES string of the molecule is O=C([O-])CN(CCN(CC(=O)[O-])CC(=O)[O-])CCN(CC(=O)[O-])CC(=O)[O-].[Na+].[Na+].[Na+].[Zn+2]. The van der Waals surface area contributed by atoms with Crippen LogP contribution in [0.4, 0.5) is 0 Å². The maximum atomic E-state index is 10.8. The molecular weight excluding hydrogens is 505 g/mol. The number of carbonyl (C=O) groups excluding carboxylic acids is 5. The molecule has 0 atom stereocenters. The fourth-order valence-corrected chi connectivity index (χ4v) is 2.18. The molecule has 0 N–H and O–H groups in total. The van der Waals surface area contributed by atoms with E-state index in [9.17, 15) is 49.5 Å². The molecule has 0 aromatic heterocycles. The largest absolute Gasteiger partial charge is 2.00 e. The summed E-state index contributed by atoms with van der Waals surface area (Å²) in [6, 6.07) is 0. The third-order valence-electron chi connectivity index (χ3n) is 3.23. The van der Waals surface area contributed by atoms with Crippen molar-refractivity contribution in [3.8, 4) is 0 Å². The molecule has 0 fully saturated rings. The van der Waals surface area contributed by atoms with Crippen LogP contribution in [-0.4, -0.2) is 103 Å². The Morgan fingerprint density at radius 2 is 0.581 bits per heavy atom. The first-order chi connectivity index (χ1) is 12.5. The normalized spacial score (nSPS) is 9.65. The van der Waals surface area contributed by atoms with Crippen LogP contribution in [0.3, 0.4) is 0 Å². The van der Waals surface area contributed by atoms with Gasteiger partial charge < -0.3 is 49.5 Å². The molecule has 0 aromatic carbocycles. The van der Waals surface area contributed by atoms with Gasteiger partial charge in [-0.15, -0.1) is 0 Å².